The van der Waals surface area contributed by atoms with Gasteiger partial charge in [0.2, 0.25) is 0 Å². The molecule has 0 radical (unpaired) electrons. The molecule has 0 atom stereocenters. The Morgan fingerprint density at radius 3 is 2.33 bits per heavy atom. The number of aryl methyl sites for hydroxylation is 1. The summed E-state index contributed by atoms with van der Waals surface area (Å²) in [7, 11) is 9.87. The molecule has 0 spiro atoms. The lowest BCUT2D eigenvalue weighted by Gasteiger charge is -2.38. The molecule has 1 aliphatic heterocycles. The maximum atomic E-state index is 5.67. The van der Waals surface area contributed by atoms with Gasteiger partial charge in [-0.15, -0.1) is 0 Å². The molecule has 5 nitrogen and oxygen atoms in total. The standard InChI is InChI=1S/C19H31N3O2/c1-15-7-8-17(23-6)16(13-15)19(9-11-24-12-10-19)14-20-18(21(2)3)22(4)5/h7-8,13H,9-12,14H2,1-6H3. The molecule has 0 N–H and O–H groups in total. The minimum atomic E-state index is -0.0348. The third-order valence-corrected chi connectivity index (χ3v) is 4.70. The van der Waals surface area contributed by atoms with Crippen LogP contribution in [0.5, 0.6) is 5.75 Å². The fraction of sp³-hybridized carbons (Fsp3) is 0.632. The Morgan fingerprint density at radius 1 is 1.17 bits per heavy atom. The molecule has 1 heterocycles. The van der Waals surface area contributed by atoms with Gasteiger partial charge in [-0.25, -0.2) is 0 Å². The van der Waals surface area contributed by atoms with Crippen molar-refractivity contribution >= 4 is 5.96 Å². The number of hydrogen-bond acceptors (Lipinski definition) is 3. The minimum Gasteiger partial charge on any atom is -0.496 e. The second kappa shape index (κ2) is 7.88. The van der Waals surface area contributed by atoms with Crippen LogP contribution in [-0.4, -0.2) is 70.8 Å². The van der Waals surface area contributed by atoms with E-state index in [1.165, 1.54) is 11.1 Å². The minimum absolute atomic E-state index is 0.0348. The van der Waals surface area contributed by atoms with Gasteiger partial charge < -0.3 is 19.3 Å². The predicted molar refractivity (Wildman–Crippen MR) is 99.1 cm³/mol. The van der Waals surface area contributed by atoms with Crippen molar-refractivity contribution in [2.75, 3.05) is 55.1 Å². The molecular formula is C19H31N3O2. The quantitative estimate of drug-likeness (QED) is 0.627. The Hall–Kier alpha value is -1.75. The Labute approximate surface area is 146 Å². The summed E-state index contributed by atoms with van der Waals surface area (Å²) in [5.41, 5.74) is 2.47. The van der Waals surface area contributed by atoms with Crippen molar-refractivity contribution in [2.24, 2.45) is 4.99 Å². The van der Waals surface area contributed by atoms with Crippen LogP contribution in [0.1, 0.15) is 24.0 Å². The van der Waals surface area contributed by atoms with E-state index in [-0.39, 0.29) is 5.41 Å². The topological polar surface area (TPSA) is 37.3 Å². The van der Waals surface area contributed by atoms with Crippen LogP contribution in [0.2, 0.25) is 0 Å². The van der Waals surface area contributed by atoms with Gasteiger partial charge in [-0.1, -0.05) is 17.7 Å². The first-order valence-corrected chi connectivity index (χ1v) is 8.51. The van der Waals surface area contributed by atoms with Crippen molar-refractivity contribution in [3.05, 3.63) is 29.3 Å². The molecule has 1 aromatic carbocycles. The molecule has 5 heteroatoms. The number of methoxy groups -OCH3 is 1. The molecule has 0 saturated carbocycles. The number of nitrogens with zero attached hydrogens (tertiary/aromatic N) is 3. The highest BCUT2D eigenvalue weighted by Crippen LogP contribution is 2.40. The van der Waals surface area contributed by atoms with Crippen molar-refractivity contribution in [3.8, 4) is 5.75 Å². The molecule has 0 amide bonds. The molecule has 1 aliphatic rings. The van der Waals surface area contributed by atoms with Crippen LogP contribution in [0.4, 0.5) is 0 Å². The average molecular weight is 333 g/mol. The summed E-state index contributed by atoms with van der Waals surface area (Å²) in [5, 5.41) is 0. The molecule has 24 heavy (non-hydrogen) atoms. The highest BCUT2D eigenvalue weighted by molar-refractivity contribution is 5.79. The lowest BCUT2D eigenvalue weighted by Crippen LogP contribution is -2.40. The molecule has 1 fully saturated rings. The van der Waals surface area contributed by atoms with Gasteiger partial charge in [-0.3, -0.25) is 4.99 Å². The fourth-order valence-corrected chi connectivity index (χ4v) is 3.42. The smallest absolute Gasteiger partial charge is 0.195 e. The van der Waals surface area contributed by atoms with Gasteiger partial charge >= 0.3 is 0 Å². The van der Waals surface area contributed by atoms with Crippen molar-refractivity contribution in [1.82, 2.24) is 9.80 Å². The Kier molecular flexibility index (Phi) is 6.10. The van der Waals surface area contributed by atoms with Crippen LogP contribution in [0.25, 0.3) is 0 Å². The van der Waals surface area contributed by atoms with Gasteiger partial charge in [-0.05, 0) is 25.8 Å². The first kappa shape index (κ1) is 18.6. The van der Waals surface area contributed by atoms with Crippen molar-refractivity contribution < 1.29 is 9.47 Å². The Balaban J connectivity index is 2.44. The molecular weight excluding hydrogens is 302 g/mol. The Morgan fingerprint density at radius 2 is 1.79 bits per heavy atom. The SMILES string of the molecule is COc1ccc(C)cc1C1(CN=C(N(C)C)N(C)C)CCOCC1. The zero-order chi connectivity index (χ0) is 17.7. The highest BCUT2D eigenvalue weighted by atomic mass is 16.5. The summed E-state index contributed by atoms with van der Waals surface area (Å²) in [6.45, 7) is 4.41. The van der Waals surface area contributed by atoms with Gasteiger partial charge in [0.15, 0.2) is 5.96 Å². The van der Waals surface area contributed by atoms with E-state index in [2.05, 4.69) is 34.9 Å². The number of ether oxygens (including phenoxy) is 2. The molecule has 0 aromatic heterocycles. The first-order valence-electron chi connectivity index (χ1n) is 8.51. The second-order valence-electron chi connectivity index (χ2n) is 7.00. The highest BCUT2D eigenvalue weighted by Gasteiger charge is 2.37. The van der Waals surface area contributed by atoms with Gasteiger partial charge in [-0.2, -0.15) is 0 Å². The van der Waals surface area contributed by atoms with E-state index in [1.807, 2.05) is 28.2 Å². The lowest BCUT2D eigenvalue weighted by atomic mass is 9.73. The Bertz CT molecular complexity index is 566. The van der Waals surface area contributed by atoms with Crippen LogP contribution in [0.3, 0.4) is 0 Å². The summed E-state index contributed by atoms with van der Waals surface area (Å²) in [6, 6.07) is 6.43. The van der Waals surface area contributed by atoms with Crippen molar-refractivity contribution in [2.45, 2.75) is 25.2 Å². The molecule has 134 valence electrons. The van der Waals surface area contributed by atoms with E-state index in [1.54, 1.807) is 7.11 Å². The van der Waals surface area contributed by atoms with Gasteiger partial charge in [0.05, 0.1) is 13.7 Å². The second-order valence-corrected chi connectivity index (χ2v) is 7.00. The number of hydrogen-bond donors (Lipinski definition) is 0. The summed E-state index contributed by atoms with van der Waals surface area (Å²) in [6.07, 6.45) is 1.93. The summed E-state index contributed by atoms with van der Waals surface area (Å²) < 4.78 is 11.3. The summed E-state index contributed by atoms with van der Waals surface area (Å²) in [5.74, 6) is 1.93. The van der Waals surface area contributed by atoms with E-state index in [4.69, 9.17) is 14.5 Å². The normalized spacial score (nSPS) is 16.4. The van der Waals surface area contributed by atoms with Crippen LogP contribution in [0.15, 0.2) is 23.2 Å². The van der Waals surface area contributed by atoms with E-state index >= 15 is 0 Å². The lowest BCUT2D eigenvalue weighted by molar-refractivity contribution is 0.0521. The zero-order valence-electron chi connectivity index (χ0n) is 15.9. The number of rotatable bonds is 4. The van der Waals surface area contributed by atoms with Crippen LogP contribution in [-0.2, 0) is 10.2 Å². The molecule has 0 aliphatic carbocycles. The van der Waals surface area contributed by atoms with E-state index < -0.39 is 0 Å². The molecule has 0 bridgehead atoms. The van der Waals surface area contributed by atoms with E-state index in [0.29, 0.717) is 0 Å². The maximum Gasteiger partial charge on any atom is 0.195 e. The first-order chi connectivity index (χ1) is 11.4. The van der Waals surface area contributed by atoms with Gasteiger partial charge in [0, 0.05) is 52.4 Å². The van der Waals surface area contributed by atoms with Crippen LogP contribution >= 0.6 is 0 Å². The van der Waals surface area contributed by atoms with Crippen molar-refractivity contribution in [1.29, 1.82) is 0 Å². The predicted octanol–water partition coefficient (Wildman–Crippen LogP) is 2.53. The molecule has 2 rings (SSSR count). The number of guanidine groups is 1. The van der Waals surface area contributed by atoms with Gasteiger partial charge in [0.1, 0.15) is 5.75 Å². The third kappa shape index (κ3) is 4.01. The summed E-state index contributed by atoms with van der Waals surface area (Å²) in [4.78, 5) is 9.07. The van der Waals surface area contributed by atoms with E-state index in [0.717, 1.165) is 44.3 Å². The van der Waals surface area contributed by atoms with Crippen LogP contribution in [0, 0.1) is 6.92 Å². The molecule has 1 aromatic rings. The molecule has 1 saturated heterocycles. The largest absolute Gasteiger partial charge is 0.496 e. The fourth-order valence-electron chi connectivity index (χ4n) is 3.42. The maximum absolute atomic E-state index is 5.67. The van der Waals surface area contributed by atoms with Gasteiger partial charge in [0.25, 0.3) is 0 Å². The van der Waals surface area contributed by atoms with Crippen molar-refractivity contribution in [3.63, 3.8) is 0 Å². The third-order valence-electron chi connectivity index (χ3n) is 4.70. The van der Waals surface area contributed by atoms with Crippen LogP contribution < -0.4 is 4.74 Å². The molecule has 0 unspecified atom stereocenters. The number of benzene rings is 1. The van der Waals surface area contributed by atoms with E-state index in [9.17, 15) is 0 Å². The number of aliphatic imine (C=N–C) groups is 1. The monoisotopic (exact) mass is 333 g/mol. The summed E-state index contributed by atoms with van der Waals surface area (Å²) >= 11 is 0. The average Bonchev–Trinajstić information content (AvgIpc) is 2.55. The zero-order valence-corrected chi connectivity index (χ0v) is 15.9.